The van der Waals surface area contributed by atoms with Gasteiger partial charge in [-0.2, -0.15) is 0 Å². The van der Waals surface area contributed by atoms with E-state index in [0.29, 0.717) is 30.8 Å². The molecule has 1 saturated heterocycles. The summed E-state index contributed by atoms with van der Waals surface area (Å²) in [7, 11) is 0. The monoisotopic (exact) mass is 248 g/mol. The molecule has 2 amide bonds. The Morgan fingerprint density at radius 1 is 1.33 bits per heavy atom. The van der Waals surface area contributed by atoms with Gasteiger partial charge in [0.2, 0.25) is 5.91 Å². The molecule has 96 valence electrons. The van der Waals surface area contributed by atoms with Crippen LogP contribution in [0.1, 0.15) is 23.7 Å². The molecule has 0 bridgehead atoms. The maximum atomic E-state index is 12.1. The van der Waals surface area contributed by atoms with Crippen molar-refractivity contribution >= 4 is 17.5 Å². The van der Waals surface area contributed by atoms with Crippen LogP contribution < -0.4 is 5.32 Å². The van der Waals surface area contributed by atoms with Crippen LogP contribution in [0, 0.1) is 0 Å². The van der Waals surface area contributed by atoms with Gasteiger partial charge in [-0.3, -0.25) is 9.59 Å². The van der Waals surface area contributed by atoms with Crippen LogP contribution in [-0.4, -0.2) is 41.0 Å². The topological polar surface area (TPSA) is 69.6 Å². The number of hydrogen-bond acceptors (Lipinski definition) is 3. The lowest BCUT2D eigenvalue weighted by Crippen LogP contribution is -2.29. The van der Waals surface area contributed by atoms with Gasteiger partial charge >= 0.3 is 0 Å². The van der Waals surface area contributed by atoms with Crippen molar-refractivity contribution in [3.05, 3.63) is 29.8 Å². The van der Waals surface area contributed by atoms with Crippen LogP contribution in [0.3, 0.4) is 0 Å². The SMILES string of the molecule is CC(=O)Nc1ccc(C(=O)N2CC[C@H](O)C2)cc1. The largest absolute Gasteiger partial charge is 0.391 e. The summed E-state index contributed by atoms with van der Waals surface area (Å²) < 4.78 is 0. The van der Waals surface area contributed by atoms with E-state index in [0.717, 1.165) is 0 Å². The Bertz CT molecular complexity index is 456. The highest BCUT2D eigenvalue weighted by Crippen LogP contribution is 2.15. The molecule has 1 fully saturated rings. The molecule has 5 nitrogen and oxygen atoms in total. The molecule has 0 saturated carbocycles. The molecule has 0 radical (unpaired) electrons. The molecule has 1 aliphatic heterocycles. The first-order chi connectivity index (χ1) is 8.56. The number of carbonyl (C=O) groups excluding carboxylic acids is 2. The summed E-state index contributed by atoms with van der Waals surface area (Å²) >= 11 is 0. The zero-order valence-electron chi connectivity index (χ0n) is 10.2. The maximum absolute atomic E-state index is 12.1. The first kappa shape index (κ1) is 12.6. The number of nitrogens with one attached hydrogen (secondary N) is 1. The number of amides is 2. The van der Waals surface area contributed by atoms with E-state index >= 15 is 0 Å². The van der Waals surface area contributed by atoms with E-state index in [2.05, 4.69) is 5.32 Å². The molecule has 0 unspecified atom stereocenters. The van der Waals surface area contributed by atoms with Crippen molar-refractivity contribution < 1.29 is 14.7 Å². The van der Waals surface area contributed by atoms with Crippen molar-refractivity contribution in [2.45, 2.75) is 19.4 Å². The summed E-state index contributed by atoms with van der Waals surface area (Å²) in [5, 5.41) is 12.0. The Hall–Kier alpha value is -1.88. The van der Waals surface area contributed by atoms with Crippen LogP contribution in [0.15, 0.2) is 24.3 Å². The van der Waals surface area contributed by atoms with Crippen molar-refractivity contribution in [1.82, 2.24) is 4.90 Å². The number of likely N-dealkylation sites (tertiary alicyclic amines) is 1. The fourth-order valence-corrected chi connectivity index (χ4v) is 2.01. The molecular weight excluding hydrogens is 232 g/mol. The van der Waals surface area contributed by atoms with Crippen LogP contribution in [-0.2, 0) is 4.79 Å². The highest BCUT2D eigenvalue weighted by Gasteiger charge is 2.25. The number of β-amino-alcohol motifs (C(OH)–C–C–N with tert-alkyl or cyclic N) is 1. The fourth-order valence-electron chi connectivity index (χ4n) is 2.01. The molecule has 1 aromatic rings. The van der Waals surface area contributed by atoms with E-state index in [9.17, 15) is 14.7 Å². The number of rotatable bonds is 2. The summed E-state index contributed by atoms with van der Waals surface area (Å²) in [5.41, 5.74) is 1.23. The zero-order chi connectivity index (χ0) is 13.1. The van der Waals surface area contributed by atoms with Crippen LogP contribution in [0.4, 0.5) is 5.69 Å². The third kappa shape index (κ3) is 2.87. The number of aliphatic hydroxyl groups excluding tert-OH is 1. The number of carbonyl (C=O) groups is 2. The maximum Gasteiger partial charge on any atom is 0.253 e. The van der Waals surface area contributed by atoms with Crippen LogP contribution in [0.2, 0.25) is 0 Å². The van der Waals surface area contributed by atoms with Crippen LogP contribution >= 0.6 is 0 Å². The molecule has 2 rings (SSSR count). The van der Waals surface area contributed by atoms with E-state index in [1.165, 1.54) is 6.92 Å². The van der Waals surface area contributed by atoms with Gasteiger partial charge in [0.15, 0.2) is 0 Å². The van der Waals surface area contributed by atoms with E-state index in [1.54, 1.807) is 29.2 Å². The molecule has 5 heteroatoms. The third-order valence-electron chi connectivity index (χ3n) is 2.90. The number of aliphatic hydroxyl groups is 1. The first-order valence-corrected chi connectivity index (χ1v) is 5.91. The number of benzene rings is 1. The Morgan fingerprint density at radius 2 is 2.00 bits per heavy atom. The van der Waals surface area contributed by atoms with Crippen molar-refractivity contribution in [1.29, 1.82) is 0 Å². The number of anilines is 1. The first-order valence-electron chi connectivity index (χ1n) is 5.91. The summed E-state index contributed by atoms with van der Waals surface area (Å²) in [6.07, 6.45) is 0.225. The fraction of sp³-hybridized carbons (Fsp3) is 0.385. The van der Waals surface area contributed by atoms with Gasteiger partial charge < -0.3 is 15.3 Å². The summed E-state index contributed by atoms with van der Waals surface area (Å²) in [6, 6.07) is 6.75. The van der Waals surface area contributed by atoms with E-state index in [4.69, 9.17) is 0 Å². The Morgan fingerprint density at radius 3 is 2.50 bits per heavy atom. The van der Waals surface area contributed by atoms with E-state index in [-0.39, 0.29) is 11.8 Å². The average Bonchev–Trinajstić information content (AvgIpc) is 2.75. The Balaban J connectivity index is 2.05. The lowest BCUT2D eigenvalue weighted by Gasteiger charge is -2.15. The van der Waals surface area contributed by atoms with E-state index in [1.807, 2.05) is 0 Å². The normalized spacial score (nSPS) is 18.8. The molecule has 1 aliphatic rings. The molecule has 0 aromatic heterocycles. The summed E-state index contributed by atoms with van der Waals surface area (Å²) in [4.78, 5) is 24.6. The second-order valence-electron chi connectivity index (χ2n) is 4.45. The lowest BCUT2D eigenvalue weighted by atomic mass is 10.2. The second-order valence-corrected chi connectivity index (χ2v) is 4.45. The van der Waals surface area contributed by atoms with Gasteiger partial charge in [0.1, 0.15) is 0 Å². The van der Waals surface area contributed by atoms with Gasteiger partial charge in [-0.15, -0.1) is 0 Å². The average molecular weight is 248 g/mol. The molecule has 1 heterocycles. The highest BCUT2D eigenvalue weighted by atomic mass is 16.3. The molecule has 0 aliphatic carbocycles. The number of hydrogen-bond donors (Lipinski definition) is 2. The predicted molar refractivity (Wildman–Crippen MR) is 67.3 cm³/mol. The van der Waals surface area contributed by atoms with Crippen LogP contribution in [0.25, 0.3) is 0 Å². The molecule has 18 heavy (non-hydrogen) atoms. The van der Waals surface area contributed by atoms with Gasteiger partial charge in [-0.1, -0.05) is 0 Å². The van der Waals surface area contributed by atoms with Crippen LogP contribution in [0.5, 0.6) is 0 Å². The standard InChI is InChI=1S/C13H16N2O3/c1-9(16)14-11-4-2-10(3-5-11)13(18)15-7-6-12(17)8-15/h2-5,12,17H,6-8H2,1H3,(H,14,16)/t12-/m0/s1. The Kier molecular flexibility index (Phi) is 3.62. The van der Waals surface area contributed by atoms with Gasteiger partial charge in [-0.05, 0) is 30.7 Å². The van der Waals surface area contributed by atoms with Crippen molar-refractivity contribution in [2.75, 3.05) is 18.4 Å². The van der Waals surface area contributed by atoms with Gasteiger partial charge in [-0.25, -0.2) is 0 Å². The Labute approximate surface area is 105 Å². The molecule has 0 spiro atoms. The smallest absolute Gasteiger partial charge is 0.253 e. The third-order valence-corrected chi connectivity index (χ3v) is 2.90. The highest BCUT2D eigenvalue weighted by molar-refractivity contribution is 5.95. The van der Waals surface area contributed by atoms with Crippen molar-refractivity contribution in [2.24, 2.45) is 0 Å². The van der Waals surface area contributed by atoms with E-state index < -0.39 is 6.10 Å². The predicted octanol–water partition coefficient (Wildman–Crippen LogP) is 0.852. The van der Waals surface area contributed by atoms with Gasteiger partial charge in [0.05, 0.1) is 6.10 Å². The van der Waals surface area contributed by atoms with Crippen molar-refractivity contribution in [3.8, 4) is 0 Å². The summed E-state index contributed by atoms with van der Waals surface area (Å²) in [6.45, 7) is 2.42. The molecular formula is C13H16N2O3. The zero-order valence-corrected chi connectivity index (χ0v) is 10.2. The molecule has 2 N–H and O–H groups in total. The van der Waals surface area contributed by atoms with Gasteiger partial charge in [0.25, 0.3) is 5.91 Å². The minimum absolute atomic E-state index is 0.0825. The molecule has 1 aromatic carbocycles. The number of nitrogens with zero attached hydrogens (tertiary/aromatic N) is 1. The molecule has 1 atom stereocenters. The minimum Gasteiger partial charge on any atom is -0.391 e. The minimum atomic E-state index is -0.410. The quantitative estimate of drug-likeness (QED) is 0.815. The lowest BCUT2D eigenvalue weighted by molar-refractivity contribution is -0.114. The van der Waals surface area contributed by atoms with Crippen molar-refractivity contribution in [3.63, 3.8) is 0 Å². The second kappa shape index (κ2) is 5.18. The summed E-state index contributed by atoms with van der Waals surface area (Å²) in [5.74, 6) is -0.224. The van der Waals surface area contributed by atoms with Gasteiger partial charge in [0, 0.05) is 31.3 Å².